The van der Waals surface area contributed by atoms with Gasteiger partial charge in [0.2, 0.25) is 0 Å². The van der Waals surface area contributed by atoms with Gasteiger partial charge in [0.25, 0.3) is 0 Å². The Morgan fingerprint density at radius 1 is 1.57 bits per heavy atom. The van der Waals surface area contributed by atoms with Gasteiger partial charge in [-0.25, -0.2) is 4.57 Å². The molecule has 0 fully saturated rings. The van der Waals surface area contributed by atoms with E-state index in [0.717, 1.165) is 0 Å². The van der Waals surface area contributed by atoms with Gasteiger partial charge in [0.15, 0.2) is 0 Å². The van der Waals surface area contributed by atoms with E-state index in [0.29, 0.717) is 0 Å². The second-order valence-corrected chi connectivity index (χ2v) is 2.02. The van der Waals surface area contributed by atoms with E-state index >= 15 is 0 Å². The Morgan fingerprint density at radius 2 is 1.71 bits per heavy atom. The monoisotopic (exact) mass is 129 g/mol. The highest BCUT2D eigenvalue weighted by Crippen LogP contribution is 2.24. The number of nitrogens with one attached hydrogen (secondary N) is 1. The van der Waals surface area contributed by atoms with Gasteiger partial charge in [-0.3, -0.25) is 5.84 Å². The lowest BCUT2D eigenvalue weighted by Crippen LogP contribution is -2.16. The first-order valence-corrected chi connectivity index (χ1v) is 2.71. The average Bonchev–Trinajstić information content (AvgIpc) is 1.35. The maximum Gasteiger partial charge on any atom is 0.413 e. The quantitative estimate of drug-likeness (QED) is 0.170. The van der Waals surface area contributed by atoms with E-state index < -0.39 is 7.75 Å². The molecule has 0 saturated heterocycles. The maximum absolute atomic E-state index is 9.46. The zero-order valence-electron chi connectivity index (χ0n) is 3.53. The van der Waals surface area contributed by atoms with Gasteiger partial charge in [0.1, 0.15) is 0 Å². The van der Waals surface area contributed by atoms with Crippen molar-refractivity contribution in [2.24, 2.45) is 5.84 Å². The molecule has 7 heavy (non-hydrogen) atoms. The van der Waals surface area contributed by atoms with Crippen LogP contribution in [0.1, 0.15) is 0 Å². The smallest absolute Gasteiger partial charge is 0.344 e. The number of nitrogens with two attached hydrogens (primary N) is 1. The third-order valence-corrected chi connectivity index (χ3v) is 0.505. The van der Waals surface area contributed by atoms with Gasteiger partial charge in [-0.1, -0.05) is 0 Å². The molecule has 0 heterocycles. The van der Waals surface area contributed by atoms with E-state index in [1.54, 1.807) is 0 Å². The number of rotatable bonds is 1. The van der Waals surface area contributed by atoms with Crippen molar-refractivity contribution in [3.63, 3.8) is 0 Å². The lowest BCUT2D eigenvalue weighted by Gasteiger charge is -1.94. The number of hydrazine groups is 1. The number of hydrogen-bond donors (Lipinski definition) is 5. The van der Waals surface area contributed by atoms with Crippen LogP contribution in [0.3, 0.4) is 0 Å². The zero-order chi connectivity index (χ0) is 5.21. The van der Waals surface area contributed by atoms with Crippen LogP contribution in [0.5, 0.6) is 0 Å². The van der Waals surface area contributed by atoms with Crippen molar-refractivity contribution in [2.45, 2.75) is 0 Å². The van der Waals surface area contributed by atoms with Crippen LogP contribution in [0, 0.1) is 0 Å². The standard InChI is InChI=1S/H5N2O3P.H3N/c1-2-6(3,4)5;/h1H2,(H3,2,3,4,5);1H3. The third kappa shape index (κ3) is 10.7. The summed E-state index contributed by atoms with van der Waals surface area (Å²) in [6, 6.07) is 0. The second kappa shape index (κ2) is 3.09. The Morgan fingerprint density at radius 3 is 1.71 bits per heavy atom. The van der Waals surface area contributed by atoms with Gasteiger partial charge >= 0.3 is 7.75 Å². The summed E-state index contributed by atoms with van der Waals surface area (Å²) >= 11 is 0. The molecule has 0 aromatic carbocycles. The minimum absolute atomic E-state index is 0. The predicted octanol–water partition coefficient (Wildman–Crippen LogP) is -1.30. The molecule has 0 aliphatic heterocycles. The number of hydrogen-bond acceptors (Lipinski definition) is 3. The molecular formula is H8N3O3P. The van der Waals surface area contributed by atoms with Gasteiger partial charge in [-0.15, -0.1) is 0 Å². The molecule has 0 rings (SSSR count). The largest absolute Gasteiger partial charge is 0.413 e. The van der Waals surface area contributed by atoms with Crippen molar-refractivity contribution in [1.29, 1.82) is 0 Å². The summed E-state index contributed by atoms with van der Waals surface area (Å²) in [5.41, 5.74) is 0. The van der Waals surface area contributed by atoms with Crippen molar-refractivity contribution in [3.05, 3.63) is 0 Å². The van der Waals surface area contributed by atoms with E-state index in [2.05, 4.69) is 5.84 Å². The van der Waals surface area contributed by atoms with Gasteiger partial charge in [-0.05, 0) is 0 Å². The summed E-state index contributed by atoms with van der Waals surface area (Å²) in [4.78, 5) is 15.4. The third-order valence-electron chi connectivity index (χ3n) is 0.168. The summed E-state index contributed by atoms with van der Waals surface area (Å²) in [7, 11) is -4.12. The first-order valence-electron chi connectivity index (χ1n) is 1.09. The molecule has 0 aromatic heterocycles. The molecule has 0 aliphatic carbocycles. The van der Waals surface area contributed by atoms with Crippen LogP contribution in [0.2, 0.25) is 0 Å². The molecule has 7 heteroatoms. The summed E-state index contributed by atoms with van der Waals surface area (Å²) < 4.78 is 9.46. The summed E-state index contributed by atoms with van der Waals surface area (Å²) in [5, 5.41) is 1.27. The molecule has 0 bridgehead atoms. The fraction of sp³-hybridized carbons (Fsp3) is 0. The van der Waals surface area contributed by atoms with Gasteiger partial charge in [-0.2, -0.15) is 5.20 Å². The van der Waals surface area contributed by atoms with Crippen LogP contribution >= 0.6 is 7.75 Å². The van der Waals surface area contributed by atoms with E-state index in [-0.39, 0.29) is 6.15 Å². The molecule has 0 spiro atoms. The molecule has 0 unspecified atom stereocenters. The van der Waals surface area contributed by atoms with E-state index in [4.69, 9.17) is 9.79 Å². The maximum atomic E-state index is 9.46. The fourth-order valence-corrected chi connectivity index (χ4v) is 0. The summed E-state index contributed by atoms with van der Waals surface area (Å²) in [6.45, 7) is 0. The molecule has 0 atom stereocenters. The van der Waals surface area contributed by atoms with Crippen LogP contribution in [-0.2, 0) is 4.57 Å². The van der Waals surface area contributed by atoms with Crippen molar-refractivity contribution in [2.75, 3.05) is 0 Å². The molecule has 0 aliphatic rings. The normalized spacial score (nSPS) is 10.1. The van der Waals surface area contributed by atoms with Crippen molar-refractivity contribution in [3.8, 4) is 0 Å². The Bertz CT molecular complexity index is 74.2. The summed E-state index contributed by atoms with van der Waals surface area (Å²) in [6.07, 6.45) is 0. The first-order chi connectivity index (χ1) is 2.56. The highest BCUT2D eigenvalue weighted by atomic mass is 31.2. The molecule has 0 radical (unpaired) electrons. The van der Waals surface area contributed by atoms with Crippen LogP contribution in [-0.4, -0.2) is 9.79 Å². The van der Waals surface area contributed by atoms with Gasteiger partial charge in [0, 0.05) is 0 Å². The van der Waals surface area contributed by atoms with E-state index in [1.807, 2.05) is 0 Å². The van der Waals surface area contributed by atoms with Crippen molar-refractivity contribution < 1.29 is 14.4 Å². The van der Waals surface area contributed by atoms with Crippen LogP contribution in [0.4, 0.5) is 0 Å². The van der Waals surface area contributed by atoms with Crippen LogP contribution in [0.25, 0.3) is 0 Å². The van der Waals surface area contributed by atoms with E-state index in [1.165, 1.54) is 5.20 Å². The minimum atomic E-state index is -4.12. The van der Waals surface area contributed by atoms with Crippen molar-refractivity contribution >= 4 is 7.75 Å². The lowest BCUT2D eigenvalue weighted by atomic mass is 13.0. The van der Waals surface area contributed by atoms with Crippen molar-refractivity contribution in [1.82, 2.24) is 11.3 Å². The Kier molecular flexibility index (Phi) is 4.46. The minimum Gasteiger partial charge on any atom is -0.344 e. The van der Waals surface area contributed by atoms with Gasteiger partial charge < -0.3 is 15.9 Å². The SMILES string of the molecule is N.NNP(=O)(O)O. The Hall–Kier alpha value is 0.0300. The second-order valence-electron chi connectivity index (χ2n) is 0.673. The fourth-order valence-electron chi connectivity index (χ4n) is 0. The molecular weight excluding hydrogens is 121 g/mol. The Labute approximate surface area is 40.5 Å². The molecule has 46 valence electrons. The topological polar surface area (TPSA) is 131 Å². The lowest BCUT2D eigenvalue weighted by molar-refractivity contribution is 0.358. The van der Waals surface area contributed by atoms with E-state index in [9.17, 15) is 4.57 Å². The molecule has 0 amide bonds. The highest BCUT2D eigenvalue weighted by molar-refractivity contribution is 7.49. The highest BCUT2D eigenvalue weighted by Gasteiger charge is 2.05. The van der Waals surface area contributed by atoms with Crippen LogP contribution < -0.4 is 17.2 Å². The predicted molar refractivity (Wildman–Crippen MR) is 24.4 cm³/mol. The molecule has 6 nitrogen and oxygen atoms in total. The molecule has 8 N–H and O–H groups in total. The molecule has 0 saturated carbocycles. The zero-order valence-corrected chi connectivity index (χ0v) is 4.43. The summed E-state index contributed by atoms with van der Waals surface area (Å²) in [5.74, 6) is 4.29. The van der Waals surface area contributed by atoms with Gasteiger partial charge in [0.05, 0.1) is 0 Å². The Balaban J connectivity index is 0. The first kappa shape index (κ1) is 10.1. The van der Waals surface area contributed by atoms with Crippen LogP contribution in [0.15, 0.2) is 0 Å². The molecule has 0 aromatic rings. The average molecular weight is 129 g/mol.